The van der Waals surface area contributed by atoms with Crippen LogP contribution in [-0.2, 0) is 10.9 Å². The van der Waals surface area contributed by atoms with Gasteiger partial charge in [-0.05, 0) is 42.5 Å². The number of methoxy groups -OCH3 is 1. The first-order chi connectivity index (χ1) is 10.8. The number of hydrogen-bond acceptors (Lipinski definition) is 4. The van der Waals surface area contributed by atoms with Gasteiger partial charge in [0.15, 0.2) is 0 Å². The first-order valence-corrected chi connectivity index (χ1v) is 6.42. The van der Waals surface area contributed by atoms with Crippen molar-refractivity contribution in [2.24, 2.45) is 0 Å². The highest BCUT2D eigenvalue weighted by Crippen LogP contribution is 2.30. The fourth-order valence-corrected chi connectivity index (χ4v) is 1.89. The number of carbonyl (C=O) groups is 1. The summed E-state index contributed by atoms with van der Waals surface area (Å²) in [6.07, 6.45) is -4.40. The molecule has 2 rings (SSSR count). The van der Waals surface area contributed by atoms with Crippen molar-refractivity contribution in [2.75, 3.05) is 12.4 Å². The Morgan fingerprint density at radius 3 is 2.35 bits per heavy atom. The molecule has 0 amide bonds. The lowest BCUT2D eigenvalue weighted by atomic mass is 10.1. The van der Waals surface area contributed by atoms with Crippen molar-refractivity contribution in [1.82, 2.24) is 0 Å². The summed E-state index contributed by atoms with van der Waals surface area (Å²) in [7, 11) is 1.22. The monoisotopic (exact) mass is 320 g/mol. The average Bonchev–Trinajstić information content (AvgIpc) is 2.54. The Bertz CT molecular complexity index is 762. The fourth-order valence-electron chi connectivity index (χ4n) is 1.89. The van der Waals surface area contributed by atoms with Crippen molar-refractivity contribution in [3.05, 3.63) is 59.2 Å². The number of hydrogen-bond donors (Lipinski definition) is 1. The van der Waals surface area contributed by atoms with E-state index in [0.717, 1.165) is 12.1 Å². The third kappa shape index (κ3) is 3.80. The lowest BCUT2D eigenvalue weighted by molar-refractivity contribution is -0.137. The van der Waals surface area contributed by atoms with Crippen LogP contribution in [0.25, 0.3) is 0 Å². The zero-order valence-corrected chi connectivity index (χ0v) is 11.9. The summed E-state index contributed by atoms with van der Waals surface area (Å²) in [6.45, 7) is 0. The van der Waals surface area contributed by atoms with E-state index in [4.69, 9.17) is 5.26 Å². The molecule has 2 aromatic rings. The van der Waals surface area contributed by atoms with Crippen molar-refractivity contribution in [2.45, 2.75) is 6.18 Å². The van der Waals surface area contributed by atoms with Gasteiger partial charge < -0.3 is 10.1 Å². The zero-order valence-electron chi connectivity index (χ0n) is 11.9. The number of nitrogens with one attached hydrogen (secondary N) is 1. The van der Waals surface area contributed by atoms with Gasteiger partial charge in [0.2, 0.25) is 0 Å². The van der Waals surface area contributed by atoms with Crippen molar-refractivity contribution in [1.29, 1.82) is 5.26 Å². The van der Waals surface area contributed by atoms with Crippen LogP contribution >= 0.6 is 0 Å². The molecule has 4 nitrogen and oxygen atoms in total. The molecular formula is C16H11F3N2O2. The summed E-state index contributed by atoms with van der Waals surface area (Å²) < 4.78 is 42.1. The average molecular weight is 320 g/mol. The SMILES string of the molecule is COC(=O)c1ccc(Nc2ccc(C(F)(F)F)cc2)c(C#N)c1. The molecule has 0 atom stereocenters. The molecule has 23 heavy (non-hydrogen) atoms. The van der Waals surface area contributed by atoms with Crippen molar-refractivity contribution < 1.29 is 22.7 Å². The Hall–Kier alpha value is -3.01. The number of alkyl halides is 3. The molecule has 0 saturated heterocycles. The maximum Gasteiger partial charge on any atom is 0.416 e. The van der Waals surface area contributed by atoms with Gasteiger partial charge in [-0.2, -0.15) is 18.4 Å². The van der Waals surface area contributed by atoms with Gasteiger partial charge in [0.25, 0.3) is 0 Å². The molecule has 0 heterocycles. The number of esters is 1. The minimum atomic E-state index is -4.40. The minimum absolute atomic E-state index is 0.174. The summed E-state index contributed by atoms with van der Waals surface area (Å²) in [5, 5.41) is 12.0. The first kappa shape index (κ1) is 16.4. The van der Waals surface area contributed by atoms with Gasteiger partial charge in [0.1, 0.15) is 6.07 Å². The molecule has 0 aliphatic heterocycles. The Kier molecular flexibility index (Phi) is 4.55. The van der Waals surface area contributed by atoms with E-state index in [0.29, 0.717) is 11.4 Å². The van der Waals surface area contributed by atoms with Gasteiger partial charge in [0.05, 0.1) is 29.5 Å². The summed E-state index contributed by atoms with van der Waals surface area (Å²) in [4.78, 5) is 11.4. The number of nitriles is 1. The van der Waals surface area contributed by atoms with E-state index in [1.807, 2.05) is 6.07 Å². The number of rotatable bonds is 3. The molecule has 1 N–H and O–H groups in total. The summed E-state index contributed by atoms with van der Waals surface area (Å²) in [6, 6.07) is 10.6. The van der Waals surface area contributed by atoms with Gasteiger partial charge in [-0.1, -0.05) is 0 Å². The largest absolute Gasteiger partial charge is 0.465 e. The van der Waals surface area contributed by atoms with Gasteiger partial charge in [-0.3, -0.25) is 0 Å². The predicted octanol–water partition coefficient (Wildman–Crippen LogP) is 4.11. The second-order valence-corrected chi connectivity index (χ2v) is 4.56. The Morgan fingerprint density at radius 2 is 1.83 bits per heavy atom. The zero-order chi connectivity index (χ0) is 17.0. The van der Waals surface area contributed by atoms with Gasteiger partial charge >= 0.3 is 12.1 Å². The Morgan fingerprint density at radius 1 is 1.17 bits per heavy atom. The second kappa shape index (κ2) is 6.40. The number of benzene rings is 2. The quantitative estimate of drug-likeness (QED) is 0.865. The van der Waals surface area contributed by atoms with E-state index in [1.165, 1.54) is 37.4 Å². The van der Waals surface area contributed by atoms with Crippen LogP contribution < -0.4 is 5.32 Å². The lowest BCUT2D eigenvalue weighted by Crippen LogP contribution is -2.05. The van der Waals surface area contributed by atoms with Crippen LogP contribution in [0.4, 0.5) is 24.5 Å². The number of carbonyl (C=O) groups excluding carboxylic acids is 1. The lowest BCUT2D eigenvalue weighted by Gasteiger charge is -2.11. The van der Waals surface area contributed by atoms with Crippen LogP contribution in [0, 0.1) is 11.3 Å². The fraction of sp³-hybridized carbons (Fsp3) is 0.125. The van der Waals surface area contributed by atoms with Gasteiger partial charge in [-0.25, -0.2) is 4.79 Å². The highest BCUT2D eigenvalue weighted by molar-refractivity contribution is 5.90. The molecule has 0 radical (unpaired) electrons. The predicted molar refractivity (Wildman–Crippen MR) is 77.2 cm³/mol. The Labute approximate surface area is 130 Å². The van der Waals surface area contributed by atoms with Crippen LogP contribution in [0.2, 0.25) is 0 Å². The van der Waals surface area contributed by atoms with E-state index < -0.39 is 17.7 Å². The number of halogens is 3. The molecule has 0 aliphatic rings. The molecule has 7 heteroatoms. The maximum atomic E-state index is 12.5. The van der Waals surface area contributed by atoms with Crippen LogP contribution in [0.1, 0.15) is 21.5 Å². The molecule has 0 fully saturated rings. The van der Waals surface area contributed by atoms with Gasteiger partial charge in [-0.15, -0.1) is 0 Å². The Balaban J connectivity index is 2.26. The van der Waals surface area contributed by atoms with E-state index >= 15 is 0 Å². The van der Waals surface area contributed by atoms with Gasteiger partial charge in [0, 0.05) is 5.69 Å². The summed E-state index contributed by atoms with van der Waals surface area (Å²) >= 11 is 0. The highest BCUT2D eigenvalue weighted by atomic mass is 19.4. The number of nitrogens with zero attached hydrogens (tertiary/aromatic N) is 1. The van der Waals surface area contributed by atoms with Crippen molar-refractivity contribution in [3.8, 4) is 6.07 Å². The molecule has 0 aliphatic carbocycles. The van der Waals surface area contributed by atoms with E-state index in [2.05, 4.69) is 10.1 Å². The maximum absolute atomic E-state index is 12.5. The third-order valence-corrected chi connectivity index (χ3v) is 3.05. The smallest absolute Gasteiger partial charge is 0.416 e. The van der Waals surface area contributed by atoms with Crippen LogP contribution in [0.3, 0.4) is 0 Å². The minimum Gasteiger partial charge on any atom is -0.465 e. The highest BCUT2D eigenvalue weighted by Gasteiger charge is 2.29. The van der Waals surface area contributed by atoms with Crippen LogP contribution in [0.5, 0.6) is 0 Å². The molecule has 0 spiro atoms. The summed E-state index contributed by atoms with van der Waals surface area (Å²) in [5.41, 5.74) is 0.389. The van der Waals surface area contributed by atoms with E-state index in [-0.39, 0.29) is 11.1 Å². The second-order valence-electron chi connectivity index (χ2n) is 4.56. The van der Waals surface area contributed by atoms with Crippen LogP contribution in [0.15, 0.2) is 42.5 Å². The summed E-state index contributed by atoms with van der Waals surface area (Å²) in [5.74, 6) is -0.581. The van der Waals surface area contributed by atoms with E-state index in [9.17, 15) is 18.0 Å². The first-order valence-electron chi connectivity index (χ1n) is 6.42. The standard InChI is InChI=1S/C16H11F3N2O2/c1-23-15(22)10-2-7-14(11(8-10)9-20)21-13-5-3-12(4-6-13)16(17,18)19/h2-8,21H,1H3. The molecule has 0 aromatic heterocycles. The molecular weight excluding hydrogens is 309 g/mol. The van der Waals surface area contributed by atoms with E-state index in [1.54, 1.807) is 0 Å². The molecule has 0 unspecified atom stereocenters. The van der Waals surface area contributed by atoms with Crippen molar-refractivity contribution >= 4 is 17.3 Å². The molecule has 2 aromatic carbocycles. The molecule has 118 valence electrons. The normalized spacial score (nSPS) is 10.7. The van der Waals surface area contributed by atoms with Crippen molar-refractivity contribution in [3.63, 3.8) is 0 Å². The van der Waals surface area contributed by atoms with Crippen LogP contribution in [-0.4, -0.2) is 13.1 Å². The number of ether oxygens (including phenoxy) is 1. The third-order valence-electron chi connectivity index (χ3n) is 3.05. The number of anilines is 2. The molecule has 0 bridgehead atoms. The molecule has 0 saturated carbocycles. The topological polar surface area (TPSA) is 62.1 Å².